The summed E-state index contributed by atoms with van der Waals surface area (Å²) in [6, 6.07) is 17.9. The molecule has 0 saturated carbocycles. The monoisotopic (exact) mass is 755 g/mol. The zero-order valence-electron chi connectivity index (χ0n) is 25.5. The molecule has 2 atom stereocenters. The highest BCUT2D eigenvalue weighted by atomic mass is 35.5. The van der Waals surface area contributed by atoms with Crippen LogP contribution < -0.4 is 14.2 Å². The zero-order chi connectivity index (χ0) is 36.7. The number of carboxylic acids is 2. The second-order valence-corrected chi connectivity index (χ2v) is 11.3. The van der Waals surface area contributed by atoms with Crippen molar-refractivity contribution in [1.29, 1.82) is 0 Å². The predicted octanol–water partition coefficient (Wildman–Crippen LogP) is 9.56. The summed E-state index contributed by atoms with van der Waals surface area (Å²) < 4.78 is 64.3. The third-order valence-electron chi connectivity index (χ3n) is 6.30. The lowest BCUT2D eigenvalue weighted by Gasteiger charge is -2.13. The molecular formula is C33H23Cl3F3NO10. The number of ether oxygens (including phenoxy) is 4. The van der Waals surface area contributed by atoms with Gasteiger partial charge in [0.15, 0.2) is 17.8 Å². The Kier molecular flexibility index (Phi) is 12.1. The Labute approximate surface area is 295 Å². The van der Waals surface area contributed by atoms with E-state index in [9.17, 15) is 27.6 Å². The second-order valence-electron chi connectivity index (χ2n) is 10.0. The average molecular weight is 757 g/mol. The molecule has 0 aliphatic rings. The Morgan fingerprint density at radius 1 is 0.760 bits per heavy atom. The Morgan fingerprint density at radius 2 is 1.40 bits per heavy atom. The fourth-order valence-corrected chi connectivity index (χ4v) is 4.32. The van der Waals surface area contributed by atoms with Crippen LogP contribution in [0.2, 0.25) is 15.1 Å². The molecule has 0 fully saturated rings. The van der Waals surface area contributed by atoms with Gasteiger partial charge in [-0.2, -0.15) is 18.2 Å². The normalized spacial score (nSPS) is 12.2. The van der Waals surface area contributed by atoms with Crippen LogP contribution in [0.4, 0.5) is 13.2 Å². The first kappa shape index (κ1) is 37.6. The summed E-state index contributed by atoms with van der Waals surface area (Å²) >= 11 is 17.6. The number of hydrogen-bond donors (Lipinski definition) is 2. The summed E-state index contributed by atoms with van der Waals surface area (Å²) in [6.45, 7) is 2.62. The smallest absolute Gasteiger partial charge is 0.416 e. The lowest BCUT2D eigenvalue weighted by molar-refractivity contribution is -0.146. The SMILES string of the molecule is CC(Oc1ccc(Oc2nc3ccc(Cl)cc3o2)cc1)C(=O)O.C[C@H](OC(=O)c1cc(Oc2ccc(C(F)(F)F)cc2Cl)ccc1Cl)C(=O)O. The molecule has 0 bridgehead atoms. The number of benzene rings is 4. The summed E-state index contributed by atoms with van der Waals surface area (Å²) in [7, 11) is 0. The summed E-state index contributed by atoms with van der Waals surface area (Å²) in [5.74, 6) is -2.51. The van der Waals surface area contributed by atoms with E-state index in [0.29, 0.717) is 33.7 Å². The molecule has 1 aromatic heterocycles. The second kappa shape index (κ2) is 16.0. The summed E-state index contributed by atoms with van der Waals surface area (Å²) in [5.41, 5.74) is 0.0514. The van der Waals surface area contributed by atoms with Crippen molar-refractivity contribution in [2.24, 2.45) is 0 Å². The van der Waals surface area contributed by atoms with Crippen molar-refractivity contribution in [3.05, 3.63) is 105 Å². The fourth-order valence-electron chi connectivity index (χ4n) is 3.75. The standard InChI is InChI=1S/C17H11Cl2F3O5.C16H12ClNO5/c1-8(15(23)24)26-16(25)11-7-10(3-4-12(11)18)27-14-5-2-9(6-13(14)19)17(20,21)22;1-9(15(19)20)21-11-3-5-12(6-4-11)22-16-18-13-7-2-10(17)8-14(13)23-16/h2-8H,1H3,(H,23,24);2-9H,1H3,(H,19,20)/t8-;/m0./s1. The minimum absolute atomic E-state index is 0.0246. The van der Waals surface area contributed by atoms with Gasteiger partial charge in [0.05, 0.1) is 21.2 Å². The number of nitrogens with zero attached hydrogens (tertiary/aromatic N) is 1. The summed E-state index contributed by atoms with van der Waals surface area (Å²) in [6.07, 6.45) is -6.79. The van der Waals surface area contributed by atoms with E-state index in [0.717, 1.165) is 25.1 Å². The molecule has 262 valence electrons. The third kappa shape index (κ3) is 10.2. The molecule has 0 spiro atoms. The van der Waals surface area contributed by atoms with Crippen LogP contribution in [0, 0.1) is 0 Å². The largest absolute Gasteiger partial charge is 0.479 e. The van der Waals surface area contributed by atoms with Gasteiger partial charge in [-0.3, -0.25) is 0 Å². The Balaban J connectivity index is 0.000000227. The van der Waals surface area contributed by atoms with E-state index in [4.69, 9.17) is 68.4 Å². The average Bonchev–Trinajstić information content (AvgIpc) is 3.44. The third-order valence-corrected chi connectivity index (χ3v) is 7.16. The maximum Gasteiger partial charge on any atom is 0.416 e. The maximum absolute atomic E-state index is 12.7. The maximum atomic E-state index is 12.7. The van der Waals surface area contributed by atoms with Gasteiger partial charge in [0.2, 0.25) is 0 Å². The topological polar surface area (TPSA) is 155 Å². The van der Waals surface area contributed by atoms with Crippen LogP contribution in [-0.4, -0.2) is 45.3 Å². The summed E-state index contributed by atoms with van der Waals surface area (Å²) in [5, 5.41) is 17.8. The quantitative estimate of drug-likeness (QED) is 0.131. The van der Waals surface area contributed by atoms with Crippen molar-refractivity contribution in [1.82, 2.24) is 4.98 Å². The van der Waals surface area contributed by atoms with Gasteiger partial charge in [0.25, 0.3) is 0 Å². The number of hydrogen-bond acceptors (Lipinski definition) is 9. The van der Waals surface area contributed by atoms with E-state index in [1.54, 1.807) is 42.5 Å². The minimum atomic E-state index is -4.56. The van der Waals surface area contributed by atoms with Crippen molar-refractivity contribution in [2.45, 2.75) is 32.2 Å². The lowest BCUT2D eigenvalue weighted by atomic mass is 10.2. The van der Waals surface area contributed by atoms with E-state index in [-0.39, 0.29) is 33.2 Å². The molecule has 1 unspecified atom stereocenters. The zero-order valence-corrected chi connectivity index (χ0v) is 27.8. The van der Waals surface area contributed by atoms with E-state index in [1.807, 2.05) is 0 Å². The molecule has 0 aliphatic heterocycles. The number of halogens is 6. The molecule has 0 aliphatic carbocycles. The van der Waals surface area contributed by atoms with Crippen molar-refractivity contribution in [2.75, 3.05) is 0 Å². The van der Waals surface area contributed by atoms with Gasteiger partial charge in [0.1, 0.15) is 28.5 Å². The van der Waals surface area contributed by atoms with Crippen LogP contribution in [-0.2, 0) is 20.5 Å². The van der Waals surface area contributed by atoms with Crippen LogP contribution in [0.1, 0.15) is 29.8 Å². The highest BCUT2D eigenvalue weighted by Crippen LogP contribution is 2.37. The molecule has 17 heteroatoms. The van der Waals surface area contributed by atoms with Crippen LogP contribution in [0.25, 0.3) is 11.1 Å². The number of oxazole rings is 1. The van der Waals surface area contributed by atoms with Crippen molar-refractivity contribution < 1.29 is 61.1 Å². The van der Waals surface area contributed by atoms with Gasteiger partial charge in [-0.25, -0.2) is 14.4 Å². The van der Waals surface area contributed by atoms with Gasteiger partial charge in [-0.15, -0.1) is 0 Å². The first-order valence-corrected chi connectivity index (χ1v) is 15.1. The molecule has 0 amide bonds. The number of carbonyl (C=O) groups is 3. The number of alkyl halides is 3. The van der Waals surface area contributed by atoms with Crippen LogP contribution in [0.15, 0.2) is 83.3 Å². The van der Waals surface area contributed by atoms with Crippen molar-refractivity contribution in [3.8, 4) is 29.1 Å². The van der Waals surface area contributed by atoms with E-state index in [1.165, 1.54) is 19.1 Å². The van der Waals surface area contributed by atoms with Crippen LogP contribution in [0.3, 0.4) is 0 Å². The molecule has 50 heavy (non-hydrogen) atoms. The molecular weight excluding hydrogens is 734 g/mol. The number of esters is 1. The molecule has 11 nitrogen and oxygen atoms in total. The summed E-state index contributed by atoms with van der Waals surface area (Å²) in [4.78, 5) is 37.7. The van der Waals surface area contributed by atoms with Gasteiger partial charge in [-0.1, -0.05) is 34.8 Å². The highest BCUT2D eigenvalue weighted by molar-refractivity contribution is 6.33. The van der Waals surface area contributed by atoms with Gasteiger partial charge in [-0.05, 0) is 86.6 Å². The molecule has 5 aromatic rings. The Bertz CT molecular complexity index is 2020. The number of aliphatic carboxylic acids is 2. The van der Waals surface area contributed by atoms with E-state index < -0.39 is 41.9 Å². The molecule has 0 radical (unpaired) electrons. The predicted molar refractivity (Wildman–Crippen MR) is 174 cm³/mol. The van der Waals surface area contributed by atoms with Crippen LogP contribution >= 0.6 is 34.8 Å². The molecule has 2 N–H and O–H groups in total. The Morgan fingerprint density at radius 3 is 2.02 bits per heavy atom. The van der Waals surface area contributed by atoms with Gasteiger partial charge < -0.3 is 33.6 Å². The lowest BCUT2D eigenvalue weighted by Crippen LogP contribution is -2.23. The fraction of sp³-hybridized carbons (Fsp3) is 0.152. The number of aromatic nitrogens is 1. The molecule has 0 saturated heterocycles. The molecule has 1 heterocycles. The van der Waals surface area contributed by atoms with Gasteiger partial charge >= 0.3 is 30.2 Å². The van der Waals surface area contributed by atoms with Crippen molar-refractivity contribution >= 4 is 63.8 Å². The Hall–Kier alpha value is -5.18. The number of carboxylic acid groups (broad SMARTS) is 2. The van der Waals surface area contributed by atoms with Crippen LogP contribution in [0.5, 0.6) is 29.1 Å². The first-order chi connectivity index (χ1) is 23.5. The van der Waals surface area contributed by atoms with E-state index >= 15 is 0 Å². The first-order valence-electron chi connectivity index (χ1n) is 14.0. The van der Waals surface area contributed by atoms with E-state index in [2.05, 4.69) is 4.98 Å². The minimum Gasteiger partial charge on any atom is -0.479 e. The molecule has 5 rings (SSSR count). The molecule has 4 aromatic carbocycles. The van der Waals surface area contributed by atoms with Crippen molar-refractivity contribution in [3.63, 3.8) is 0 Å². The van der Waals surface area contributed by atoms with Gasteiger partial charge in [0, 0.05) is 11.1 Å². The number of carbonyl (C=O) groups excluding carboxylic acids is 1. The highest BCUT2D eigenvalue weighted by Gasteiger charge is 2.31. The number of rotatable bonds is 10. The number of fused-ring (bicyclic) bond motifs is 1.